The molecule has 1 heterocycles. The Labute approximate surface area is 234 Å². The predicted molar refractivity (Wildman–Crippen MR) is 149 cm³/mol. The molecule has 8 nitrogen and oxygen atoms in total. The Hall–Kier alpha value is -1.45. The van der Waals surface area contributed by atoms with Crippen LogP contribution < -0.4 is 4.72 Å². The zero-order valence-corrected chi connectivity index (χ0v) is 25.2. The van der Waals surface area contributed by atoms with Crippen LogP contribution in [-0.2, 0) is 21.9 Å². The highest BCUT2D eigenvalue weighted by atomic mass is 32.2. The molecule has 4 unspecified atom stereocenters. The lowest BCUT2D eigenvalue weighted by molar-refractivity contribution is -0.203. The molecule has 4 aliphatic carbocycles. The second-order valence-corrected chi connectivity index (χ2v) is 15.7. The van der Waals surface area contributed by atoms with E-state index >= 15 is 0 Å². The van der Waals surface area contributed by atoms with Crippen LogP contribution in [0.2, 0.25) is 0 Å². The highest BCUT2D eigenvalue weighted by Crippen LogP contribution is 2.69. The number of carbonyl (C=O) groups excluding carboxylic acids is 1. The maximum absolute atomic E-state index is 12.6. The van der Waals surface area contributed by atoms with Crippen LogP contribution in [0.5, 0.6) is 0 Å². The summed E-state index contributed by atoms with van der Waals surface area (Å²) in [5.74, 6) is 2.17. The maximum Gasteiger partial charge on any atom is 0.283 e. The molecule has 0 radical (unpaired) electrons. The lowest BCUT2D eigenvalue weighted by Crippen LogP contribution is -2.62. The van der Waals surface area contributed by atoms with Gasteiger partial charge in [0, 0.05) is 19.7 Å². The van der Waals surface area contributed by atoms with Crippen LogP contribution in [0.3, 0.4) is 0 Å². The summed E-state index contributed by atoms with van der Waals surface area (Å²) in [6, 6.07) is 0. The molecule has 0 aromatic carbocycles. The zero-order chi connectivity index (χ0) is 28.3. The fourth-order valence-electron chi connectivity index (χ4n) is 10.3. The third kappa shape index (κ3) is 4.88. The summed E-state index contributed by atoms with van der Waals surface area (Å²) in [6.45, 7) is 9.32. The monoisotopic (exact) mass is 563 g/mol. The molecule has 0 saturated heterocycles. The first-order valence-corrected chi connectivity index (χ1v) is 16.7. The summed E-state index contributed by atoms with van der Waals surface area (Å²) in [5, 5.41) is 22.2. The average molecular weight is 564 g/mol. The molecule has 0 aliphatic heterocycles. The van der Waals surface area contributed by atoms with E-state index in [-0.39, 0.29) is 46.3 Å². The zero-order valence-electron chi connectivity index (χ0n) is 24.3. The minimum absolute atomic E-state index is 0.119. The largest absolute Gasteiger partial charge is 0.393 e. The van der Waals surface area contributed by atoms with Crippen molar-refractivity contribution in [3.05, 3.63) is 12.5 Å². The Morgan fingerprint density at radius 2 is 1.82 bits per heavy atom. The number of carbonyl (C=O) groups is 1. The van der Waals surface area contributed by atoms with Gasteiger partial charge < -0.3 is 14.8 Å². The van der Waals surface area contributed by atoms with Gasteiger partial charge in [-0.05, 0) is 104 Å². The van der Waals surface area contributed by atoms with Gasteiger partial charge in [0.2, 0.25) is 5.91 Å². The van der Waals surface area contributed by atoms with Crippen LogP contribution in [0, 0.1) is 52.3 Å². The molecule has 1 aromatic rings. The number of aliphatic hydroxyl groups is 2. The van der Waals surface area contributed by atoms with Gasteiger partial charge in [0.05, 0.1) is 18.5 Å². The highest BCUT2D eigenvalue weighted by Gasteiger charge is 2.64. The van der Waals surface area contributed by atoms with Crippen LogP contribution in [-0.4, -0.2) is 46.3 Å². The van der Waals surface area contributed by atoms with Crippen molar-refractivity contribution in [1.82, 2.24) is 14.3 Å². The van der Waals surface area contributed by atoms with Crippen molar-refractivity contribution in [3.63, 3.8) is 0 Å². The Bertz CT molecular complexity index is 1170. The maximum atomic E-state index is 12.6. The number of hydrogen-bond donors (Lipinski definition) is 3. The molecule has 3 N–H and O–H groups in total. The van der Waals surface area contributed by atoms with Crippen molar-refractivity contribution >= 4 is 15.9 Å². The first-order valence-electron chi connectivity index (χ1n) is 15.2. The van der Waals surface area contributed by atoms with E-state index in [9.17, 15) is 23.4 Å². The molecule has 5 rings (SSSR count). The lowest BCUT2D eigenvalue weighted by atomic mass is 9.41. The summed E-state index contributed by atoms with van der Waals surface area (Å²) < 4.78 is 28.8. The smallest absolute Gasteiger partial charge is 0.283 e. The number of fused-ring (bicyclic) bond motifs is 5. The molecule has 9 heteroatoms. The van der Waals surface area contributed by atoms with E-state index in [2.05, 4.69) is 37.4 Å². The van der Waals surface area contributed by atoms with E-state index in [1.165, 1.54) is 17.1 Å². The first kappa shape index (κ1) is 29.1. The van der Waals surface area contributed by atoms with Gasteiger partial charge in [-0.2, -0.15) is 8.42 Å². The number of aryl methyl sites for hydroxylation is 1. The molecule has 39 heavy (non-hydrogen) atoms. The Morgan fingerprint density at radius 3 is 2.49 bits per heavy atom. The number of amides is 1. The van der Waals surface area contributed by atoms with Crippen LogP contribution in [0.15, 0.2) is 17.6 Å². The number of nitrogens with one attached hydrogen (secondary N) is 1. The fourth-order valence-corrected chi connectivity index (χ4v) is 11.3. The third-order valence-corrected chi connectivity index (χ3v) is 13.4. The second kappa shape index (κ2) is 10.4. The SMILES string of the molecule is CC[C@@H]1C2C[C@H](O)CCC2(C)[C@H]2CCC3(C)C([C@H](C)CCC(=O)NS(=O)(=O)c4cn(C)cn4)CC[C@H]3[C@@H]2[C@@H]1O. The summed E-state index contributed by atoms with van der Waals surface area (Å²) >= 11 is 0. The van der Waals surface area contributed by atoms with Crippen molar-refractivity contribution in [2.45, 2.75) is 109 Å². The summed E-state index contributed by atoms with van der Waals surface area (Å²) in [5.41, 5.74) is 0.305. The molecule has 220 valence electrons. The molecule has 0 spiro atoms. The quantitative estimate of drug-likeness (QED) is 0.456. The lowest BCUT2D eigenvalue weighted by Gasteiger charge is -2.64. The number of rotatable bonds is 7. The molecule has 1 amide bonds. The van der Waals surface area contributed by atoms with E-state index in [1.807, 2.05) is 0 Å². The van der Waals surface area contributed by atoms with Gasteiger partial charge in [0.1, 0.15) is 0 Å². The third-order valence-electron chi connectivity index (χ3n) is 12.2. The summed E-state index contributed by atoms with van der Waals surface area (Å²) in [4.78, 5) is 16.5. The van der Waals surface area contributed by atoms with Gasteiger partial charge in [-0.25, -0.2) is 9.71 Å². The van der Waals surface area contributed by atoms with Crippen LogP contribution in [0.4, 0.5) is 0 Å². The van der Waals surface area contributed by atoms with Crippen LogP contribution in [0.1, 0.15) is 91.9 Å². The molecule has 4 fully saturated rings. The molecule has 4 aliphatic rings. The summed E-state index contributed by atoms with van der Waals surface area (Å²) in [7, 11) is -2.27. The van der Waals surface area contributed by atoms with Gasteiger partial charge in [0.15, 0.2) is 5.03 Å². The average Bonchev–Trinajstić information content (AvgIpc) is 3.47. The molecule has 0 bridgehead atoms. The first-order chi connectivity index (χ1) is 18.3. The number of aliphatic hydroxyl groups excluding tert-OH is 2. The molecular weight excluding hydrogens is 514 g/mol. The van der Waals surface area contributed by atoms with Gasteiger partial charge >= 0.3 is 0 Å². The van der Waals surface area contributed by atoms with Crippen molar-refractivity contribution in [3.8, 4) is 0 Å². The standard InChI is InChI=1S/C30H49N3O5S/c1-6-20-24-15-19(34)11-13-30(24,4)23-12-14-29(3)21(8-9-22(29)27(23)28(20)36)18(2)7-10-25(35)32-39(37,38)26-16-33(5)17-31-26/h16-24,27-28,34,36H,6-15H2,1-5H3,(H,32,35)/t18-,19-,20-,21?,22+,23+,24?,27+,28-,29?,30?/m1/s1. The second-order valence-electron chi connectivity index (χ2n) is 14.0. The van der Waals surface area contributed by atoms with Gasteiger partial charge in [0.25, 0.3) is 10.0 Å². The van der Waals surface area contributed by atoms with Crippen molar-refractivity contribution in [2.24, 2.45) is 59.3 Å². The predicted octanol–water partition coefficient (Wildman–Crippen LogP) is 4.27. The number of hydrogen-bond acceptors (Lipinski definition) is 6. The van der Waals surface area contributed by atoms with E-state index in [1.54, 1.807) is 7.05 Å². The van der Waals surface area contributed by atoms with E-state index < -0.39 is 15.9 Å². The normalized spacial score (nSPS) is 42.7. The van der Waals surface area contributed by atoms with Gasteiger partial charge in [-0.1, -0.05) is 34.1 Å². The number of imidazole rings is 1. The minimum atomic E-state index is -3.96. The minimum Gasteiger partial charge on any atom is -0.393 e. The van der Waals surface area contributed by atoms with Crippen LogP contribution in [0.25, 0.3) is 0 Å². The topological polar surface area (TPSA) is 122 Å². The fraction of sp³-hybridized carbons (Fsp3) is 0.867. The van der Waals surface area contributed by atoms with E-state index in [0.717, 1.165) is 51.4 Å². The molecule has 4 saturated carbocycles. The van der Waals surface area contributed by atoms with Gasteiger partial charge in [-0.3, -0.25) is 4.79 Å². The van der Waals surface area contributed by atoms with Crippen LogP contribution >= 0.6 is 0 Å². The Balaban J connectivity index is 1.27. The molecule has 1 aromatic heterocycles. The van der Waals surface area contributed by atoms with Gasteiger partial charge in [-0.15, -0.1) is 0 Å². The van der Waals surface area contributed by atoms with Crippen molar-refractivity contribution < 1.29 is 23.4 Å². The number of aromatic nitrogens is 2. The van der Waals surface area contributed by atoms with E-state index in [0.29, 0.717) is 36.0 Å². The van der Waals surface area contributed by atoms with Crippen molar-refractivity contribution in [1.29, 1.82) is 0 Å². The highest BCUT2D eigenvalue weighted by molar-refractivity contribution is 7.90. The Kier molecular flexibility index (Phi) is 7.77. The van der Waals surface area contributed by atoms with E-state index in [4.69, 9.17) is 0 Å². The summed E-state index contributed by atoms with van der Waals surface area (Å²) in [6.07, 6.45) is 11.2. The Morgan fingerprint density at radius 1 is 1.13 bits per heavy atom. The number of sulfonamides is 1. The molecular formula is C30H49N3O5S. The number of nitrogens with zero attached hydrogens (tertiary/aromatic N) is 2. The van der Waals surface area contributed by atoms with Crippen molar-refractivity contribution in [2.75, 3.05) is 0 Å². The molecule has 11 atom stereocenters.